The molecule has 3 N–H and O–H groups in total. The first-order valence-corrected chi connectivity index (χ1v) is 5.29. The van der Waals surface area contributed by atoms with Crippen LogP contribution in [0.15, 0.2) is 12.1 Å². The van der Waals surface area contributed by atoms with Gasteiger partial charge in [-0.2, -0.15) is 0 Å². The Bertz CT molecular complexity index is 368. The van der Waals surface area contributed by atoms with E-state index in [0.717, 1.165) is 5.56 Å². The molecule has 0 radical (unpaired) electrons. The Morgan fingerprint density at radius 3 is 2.29 bits per heavy atom. The van der Waals surface area contributed by atoms with Crippen LogP contribution in [0.3, 0.4) is 0 Å². The van der Waals surface area contributed by atoms with E-state index < -0.39 is 6.10 Å². The van der Waals surface area contributed by atoms with Gasteiger partial charge in [-0.25, -0.2) is 0 Å². The van der Waals surface area contributed by atoms with Gasteiger partial charge in [0.05, 0.1) is 26.9 Å². The highest BCUT2D eigenvalue weighted by atomic mass is 16.5. The summed E-state index contributed by atoms with van der Waals surface area (Å²) in [5.41, 5.74) is 6.94. The number of methoxy groups -OCH3 is 3. The molecule has 1 atom stereocenters. The van der Waals surface area contributed by atoms with Crippen molar-refractivity contribution in [3.05, 3.63) is 23.3 Å². The quantitative estimate of drug-likeness (QED) is 0.772. The van der Waals surface area contributed by atoms with Crippen LogP contribution >= 0.6 is 0 Å². The highest BCUT2D eigenvalue weighted by Crippen LogP contribution is 2.32. The van der Waals surface area contributed by atoms with Crippen molar-refractivity contribution in [3.8, 4) is 11.5 Å². The maximum absolute atomic E-state index is 9.81. The van der Waals surface area contributed by atoms with E-state index >= 15 is 0 Å². The third-order valence-corrected chi connectivity index (χ3v) is 2.51. The predicted molar refractivity (Wildman–Crippen MR) is 64.3 cm³/mol. The first-order valence-electron chi connectivity index (χ1n) is 5.29. The Hall–Kier alpha value is -1.30. The average molecular weight is 241 g/mol. The van der Waals surface area contributed by atoms with Gasteiger partial charge in [-0.15, -0.1) is 0 Å². The van der Waals surface area contributed by atoms with Gasteiger partial charge in [0.2, 0.25) is 0 Å². The lowest BCUT2D eigenvalue weighted by atomic mass is 10.0. The summed E-state index contributed by atoms with van der Waals surface area (Å²) in [5.74, 6) is 1.22. The molecule has 0 aliphatic carbocycles. The van der Waals surface area contributed by atoms with Crippen molar-refractivity contribution in [1.82, 2.24) is 0 Å². The number of ether oxygens (including phenoxy) is 3. The van der Waals surface area contributed by atoms with Crippen molar-refractivity contribution < 1.29 is 19.3 Å². The van der Waals surface area contributed by atoms with Crippen LogP contribution in [0, 0.1) is 0 Å². The lowest BCUT2D eigenvalue weighted by molar-refractivity contribution is 0.175. The summed E-state index contributed by atoms with van der Waals surface area (Å²) in [6.45, 7) is 0.534. The fraction of sp³-hybridized carbons (Fsp3) is 0.500. The van der Waals surface area contributed by atoms with Crippen LogP contribution in [-0.2, 0) is 11.3 Å². The van der Waals surface area contributed by atoms with E-state index in [1.54, 1.807) is 26.4 Å². The van der Waals surface area contributed by atoms with E-state index in [-0.39, 0.29) is 6.54 Å². The van der Waals surface area contributed by atoms with Gasteiger partial charge >= 0.3 is 0 Å². The average Bonchev–Trinajstić information content (AvgIpc) is 2.37. The molecule has 0 saturated carbocycles. The van der Waals surface area contributed by atoms with Gasteiger partial charge in [0.25, 0.3) is 0 Å². The molecular weight excluding hydrogens is 222 g/mol. The Labute approximate surface area is 101 Å². The normalized spacial score (nSPS) is 12.3. The summed E-state index contributed by atoms with van der Waals surface area (Å²) in [6, 6.07) is 3.52. The van der Waals surface area contributed by atoms with Crippen LogP contribution in [0.25, 0.3) is 0 Å². The molecule has 0 aromatic heterocycles. The summed E-state index contributed by atoms with van der Waals surface area (Å²) >= 11 is 0. The lowest BCUT2D eigenvalue weighted by Gasteiger charge is -2.17. The number of aliphatic hydroxyl groups is 1. The first-order chi connectivity index (χ1) is 8.17. The Kier molecular flexibility index (Phi) is 5.21. The molecule has 0 spiro atoms. The van der Waals surface area contributed by atoms with Crippen LogP contribution in [0.1, 0.15) is 17.2 Å². The molecule has 1 rings (SSSR count). The van der Waals surface area contributed by atoms with Crippen molar-refractivity contribution >= 4 is 0 Å². The second-order valence-electron chi connectivity index (χ2n) is 3.59. The maximum atomic E-state index is 9.81. The van der Waals surface area contributed by atoms with E-state index in [4.69, 9.17) is 19.9 Å². The van der Waals surface area contributed by atoms with Crippen LogP contribution in [-0.4, -0.2) is 33.0 Å². The second kappa shape index (κ2) is 6.44. The minimum atomic E-state index is -0.758. The molecule has 0 saturated heterocycles. The Morgan fingerprint density at radius 1 is 1.18 bits per heavy atom. The Morgan fingerprint density at radius 2 is 1.82 bits per heavy atom. The van der Waals surface area contributed by atoms with Gasteiger partial charge in [0.1, 0.15) is 11.5 Å². The number of aliphatic hydroxyl groups excluding tert-OH is 1. The third kappa shape index (κ3) is 3.09. The van der Waals surface area contributed by atoms with Crippen molar-refractivity contribution in [3.63, 3.8) is 0 Å². The highest BCUT2D eigenvalue weighted by Gasteiger charge is 2.16. The molecular formula is C12H19NO4. The minimum absolute atomic E-state index is 0.134. The lowest BCUT2D eigenvalue weighted by Crippen LogP contribution is -2.13. The minimum Gasteiger partial charge on any atom is -0.496 e. The number of rotatable bonds is 6. The first kappa shape index (κ1) is 13.8. The predicted octanol–water partition coefficient (Wildman–Crippen LogP) is 0.842. The topological polar surface area (TPSA) is 73.9 Å². The summed E-state index contributed by atoms with van der Waals surface area (Å²) in [5, 5.41) is 9.81. The summed E-state index contributed by atoms with van der Waals surface area (Å²) in [4.78, 5) is 0. The van der Waals surface area contributed by atoms with Gasteiger partial charge in [-0.05, 0) is 6.07 Å². The van der Waals surface area contributed by atoms with E-state index in [2.05, 4.69) is 0 Å². The van der Waals surface area contributed by atoms with E-state index in [1.165, 1.54) is 7.11 Å². The maximum Gasteiger partial charge on any atom is 0.128 e. The fourth-order valence-electron chi connectivity index (χ4n) is 1.65. The van der Waals surface area contributed by atoms with E-state index in [9.17, 15) is 5.11 Å². The van der Waals surface area contributed by atoms with Gasteiger partial charge in [-0.1, -0.05) is 0 Å². The second-order valence-corrected chi connectivity index (χ2v) is 3.59. The van der Waals surface area contributed by atoms with Crippen LogP contribution in [0.4, 0.5) is 0 Å². The Balaban J connectivity index is 3.23. The molecule has 1 unspecified atom stereocenters. The van der Waals surface area contributed by atoms with Crippen LogP contribution < -0.4 is 15.2 Å². The molecule has 0 aliphatic heterocycles. The SMILES string of the molecule is COCc1cc(C(O)CN)c(OC)cc1OC. The van der Waals surface area contributed by atoms with Gasteiger partial charge < -0.3 is 25.1 Å². The zero-order chi connectivity index (χ0) is 12.8. The summed E-state index contributed by atoms with van der Waals surface area (Å²) in [7, 11) is 4.72. The monoisotopic (exact) mass is 241 g/mol. The molecule has 5 heteroatoms. The van der Waals surface area contributed by atoms with Gasteiger partial charge in [0.15, 0.2) is 0 Å². The number of hydrogen-bond acceptors (Lipinski definition) is 5. The molecule has 0 aliphatic rings. The summed E-state index contributed by atoms with van der Waals surface area (Å²) in [6.07, 6.45) is -0.758. The van der Waals surface area contributed by atoms with Crippen molar-refractivity contribution in [2.24, 2.45) is 5.73 Å². The zero-order valence-corrected chi connectivity index (χ0v) is 10.4. The number of hydrogen-bond donors (Lipinski definition) is 2. The molecule has 5 nitrogen and oxygen atoms in total. The van der Waals surface area contributed by atoms with E-state index in [0.29, 0.717) is 23.7 Å². The summed E-state index contributed by atoms with van der Waals surface area (Å²) < 4.78 is 15.5. The molecule has 1 aromatic rings. The number of nitrogens with two attached hydrogens (primary N) is 1. The van der Waals surface area contributed by atoms with Gasteiger partial charge in [0, 0.05) is 30.8 Å². The zero-order valence-electron chi connectivity index (χ0n) is 10.4. The molecule has 0 heterocycles. The molecule has 0 bridgehead atoms. The van der Waals surface area contributed by atoms with E-state index in [1.807, 2.05) is 0 Å². The standard InChI is InChI=1S/C12H19NO4/c1-15-7-8-4-9(10(14)6-13)12(17-3)5-11(8)16-2/h4-5,10,14H,6-7,13H2,1-3H3. The smallest absolute Gasteiger partial charge is 0.128 e. The molecule has 17 heavy (non-hydrogen) atoms. The fourth-order valence-corrected chi connectivity index (χ4v) is 1.65. The number of benzene rings is 1. The molecule has 0 amide bonds. The molecule has 96 valence electrons. The van der Waals surface area contributed by atoms with Crippen molar-refractivity contribution in [2.45, 2.75) is 12.7 Å². The van der Waals surface area contributed by atoms with Crippen molar-refractivity contribution in [2.75, 3.05) is 27.9 Å². The van der Waals surface area contributed by atoms with Crippen LogP contribution in [0.5, 0.6) is 11.5 Å². The van der Waals surface area contributed by atoms with Crippen molar-refractivity contribution in [1.29, 1.82) is 0 Å². The van der Waals surface area contributed by atoms with Crippen LogP contribution in [0.2, 0.25) is 0 Å². The largest absolute Gasteiger partial charge is 0.496 e. The highest BCUT2D eigenvalue weighted by molar-refractivity contribution is 5.47. The molecule has 0 fully saturated rings. The molecule has 1 aromatic carbocycles. The third-order valence-electron chi connectivity index (χ3n) is 2.51. The van der Waals surface area contributed by atoms with Gasteiger partial charge in [-0.3, -0.25) is 0 Å².